The van der Waals surface area contributed by atoms with Crippen LogP contribution in [0, 0.1) is 0 Å². The summed E-state index contributed by atoms with van der Waals surface area (Å²) in [5.74, 6) is 1.09. The van der Waals surface area contributed by atoms with Crippen LogP contribution >= 0.6 is 11.8 Å². The summed E-state index contributed by atoms with van der Waals surface area (Å²) >= 11 is 1.37. The molecule has 0 spiro atoms. The van der Waals surface area contributed by atoms with Gasteiger partial charge in [0, 0.05) is 12.3 Å². The highest BCUT2D eigenvalue weighted by atomic mass is 32.2. The average molecular weight is 372 g/mol. The Hall–Kier alpha value is -2.74. The number of hydrogen-bond acceptors (Lipinski definition) is 6. The average Bonchev–Trinajstić information content (AvgIpc) is 3.08. The monoisotopic (exact) mass is 372 g/mol. The number of nitrogens with one attached hydrogen (secondary N) is 2. The number of amides is 1. The second-order valence-corrected chi connectivity index (χ2v) is 6.68. The third kappa shape index (κ3) is 3.91. The number of thioether (sulfide) groups is 1. The third-order valence-electron chi connectivity index (χ3n) is 3.82. The first kappa shape index (κ1) is 18.1. The predicted molar refractivity (Wildman–Crippen MR) is 102 cm³/mol. The van der Waals surface area contributed by atoms with Gasteiger partial charge in [0.2, 0.25) is 5.91 Å². The zero-order valence-corrected chi connectivity index (χ0v) is 15.6. The van der Waals surface area contributed by atoms with Gasteiger partial charge in [-0.1, -0.05) is 18.7 Å². The fraction of sp³-hybridized carbons (Fsp3) is 0.278. The molecule has 0 fully saturated rings. The highest BCUT2D eigenvalue weighted by Crippen LogP contribution is 2.31. The molecule has 2 aromatic heterocycles. The van der Waals surface area contributed by atoms with Crippen molar-refractivity contribution >= 4 is 34.5 Å². The number of imidazole rings is 1. The van der Waals surface area contributed by atoms with Crippen molar-refractivity contribution in [2.75, 3.05) is 19.5 Å². The van der Waals surface area contributed by atoms with E-state index < -0.39 is 0 Å². The van der Waals surface area contributed by atoms with Crippen LogP contribution in [0.2, 0.25) is 0 Å². The molecule has 1 amide bonds. The van der Waals surface area contributed by atoms with Gasteiger partial charge < -0.3 is 19.8 Å². The molecule has 2 heterocycles. The van der Waals surface area contributed by atoms with Gasteiger partial charge in [0.05, 0.1) is 30.7 Å². The van der Waals surface area contributed by atoms with Crippen LogP contribution in [0.25, 0.3) is 11.2 Å². The van der Waals surface area contributed by atoms with Crippen molar-refractivity contribution in [2.24, 2.45) is 0 Å². The maximum atomic E-state index is 12.7. The van der Waals surface area contributed by atoms with E-state index in [4.69, 9.17) is 9.47 Å². The first-order valence-electron chi connectivity index (χ1n) is 8.15. The zero-order chi connectivity index (χ0) is 18.5. The second kappa shape index (κ2) is 8.09. The number of methoxy groups -OCH3 is 2. The lowest BCUT2D eigenvalue weighted by Gasteiger charge is -2.16. The lowest BCUT2D eigenvalue weighted by atomic mass is 10.2. The van der Waals surface area contributed by atoms with Gasteiger partial charge in [0.15, 0.2) is 10.8 Å². The SMILES string of the molecule is CC[C@@H](Sc1nc2ncccc2[nH]1)C(=O)Nc1cc(OC)ccc1OC. The number of hydrogen-bond donors (Lipinski definition) is 2. The smallest absolute Gasteiger partial charge is 0.238 e. The number of H-pyrrole nitrogens is 1. The van der Waals surface area contributed by atoms with Gasteiger partial charge in [-0.2, -0.15) is 0 Å². The second-order valence-electron chi connectivity index (χ2n) is 5.49. The van der Waals surface area contributed by atoms with Gasteiger partial charge in [0.25, 0.3) is 0 Å². The van der Waals surface area contributed by atoms with E-state index in [0.717, 1.165) is 5.52 Å². The molecule has 26 heavy (non-hydrogen) atoms. The molecular weight excluding hydrogens is 352 g/mol. The van der Waals surface area contributed by atoms with Gasteiger partial charge in [0.1, 0.15) is 11.5 Å². The van der Waals surface area contributed by atoms with E-state index in [2.05, 4.69) is 20.3 Å². The van der Waals surface area contributed by atoms with E-state index in [9.17, 15) is 4.79 Å². The highest BCUT2D eigenvalue weighted by Gasteiger charge is 2.21. The van der Waals surface area contributed by atoms with E-state index >= 15 is 0 Å². The van der Waals surface area contributed by atoms with Crippen LogP contribution < -0.4 is 14.8 Å². The number of anilines is 1. The molecule has 0 saturated carbocycles. The number of benzene rings is 1. The Labute approximate surface area is 155 Å². The summed E-state index contributed by atoms with van der Waals surface area (Å²) in [6.07, 6.45) is 2.34. The predicted octanol–water partition coefficient (Wildman–Crippen LogP) is 3.48. The number of carbonyl (C=O) groups is 1. The molecule has 2 N–H and O–H groups in total. The zero-order valence-electron chi connectivity index (χ0n) is 14.8. The number of fused-ring (bicyclic) bond motifs is 1. The summed E-state index contributed by atoms with van der Waals surface area (Å²) < 4.78 is 10.5. The fourth-order valence-corrected chi connectivity index (χ4v) is 3.37. The Kier molecular flexibility index (Phi) is 5.62. The van der Waals surface area contributed by atoms with Crippen LogP contribution in [0.1, 0.15) is 13.3 Å². The summed E-state index contributed by atoms with van der Waals surface area (Å²) in [5, 5.41) is 3.27. The molecule has 8 heteroatoms. The van der Waals surface area contributed by atoms with Crippen molar-refractivity contribution in [2.45, 2.75) is 23.8 Å². The molecule has 0 saturated heterocycles. The molecule has 0 aliphatic carbocycles. The Morgan fingerprint density at radius 3 is 2.85 bits per heavy atom. The molecule has 1 atom stereocenters. The Balaban J connectivity index is 1.76. The van der Waals surface area contributed by atoms with Crippen molar-refractivity contribution in [3.63, 3.8) is 0 Å². The van der Waals surface area contributed by atoms with Crippen LogP contribution in [0.15, 0.2) is 41.7 Å². The molecule has 7 nitrogen and oxygen atoms in total. The fourth-order valence-electron chi connectivity index (χ4n) is 2.46. The number of pyridine rings is 1. The summed E-state index contributed by atoms with van der Waals surface area (Å²) in [6.45, 7) is 1.96. The quantitative estimate of drug-likeness (QED) is 0.617. The molecule has 0 radical (unpaired) electrons. The van der Waals surface area contributed by atoms with Gasteiger partial charge in [-0.05, 0) is 30.7 Å². The van der Waals surface area contributed by atoms with Crippen LogP contribution in [-0.4, -0.2) is 40.3 Å². The first-order chi connectivity index (χ1) is 12.6. The molecule has 3 aromatic rings. The van der Waals surface area contributed by atoms with Crippen molar-refractivity contribution in [3.8, 4) is 11.5 Å². The minimum absolute atomic E-state index is 0.127. The highest BCUT2D eigenvalue weighted by molar-refractivity contribution is 8.00. The van der Waals surface area contributed by atoms with E-state index in [1.54, 1.807) is 38.6 Å². The normalized spacial score (nSPS) is 12.0. The number of ether oxygens (including phenoxy) is 2. The van der Waals surface area contributed by atoms with E-state index in [1.807, 2.05) is 19.1 Å². The summed E-state index contributed by atoms with van der Waals surface area (Å²) in [5.41, 5.74) is 2.06. The van der Waals surface area contributed by atoms with E-state index in [1.165, 1.54) is 11.8 Å². The maximum absolute atomic E-state index is 12.7. The minimum atomic E-state index is -0.313. The topological polar surface area (TPSA) is 89.1 Å². The molecule has 0 unspecified atom stereocenters. The molecule has 136 valence electrons. The minimum Gasteiger partial charge on any atom is -0.497 e. The number of carbonyl (C=O) groups excluding carboxylic acids is 1. The van der Waals surface area contributed by atoms with E-state index in [0.29, 0.717) is 34.4 Å². The van der Waals surface area contributed by atoms with Crippen LogP contribution in [0.4, 0.5) is 5.69 Å². The van der Waals surface area contributed by atoms with Crippen molar-refractivity contribution in [3.05, 3.63) is 36.5 Å². The molecule has 1 aromatic carbocycles. The summed E-state index contributed by atoms with van der Waals surface area (Å²) in [6, 6.07) is 9.02. The van der Waals surface area contributed by atoms with E-state index in [-0.39, 0.29) is 11.2 Å². The molecular formula is C18H20N4O3S. The number of aromatic nitrogens is 3. The molecule has 0 bridgehead atoms. The van der Waals surface area contributed by atoms with Gasteiger partial charge in [-0.3, -0.25) is 4.79 Å². The largest absolute Gasteiger partial charge is 0.497 e. The van der Waals surface area contributed by atoms with Gasteiger partial charge in [-0.15, -0.1) is 0 Å². The first-order valence-corrected chi connectivity index (χ1v) is 9.02. The van der Waals surface area contributed by atoms with Gasteiger partial charge in [-0.25, -0.2) is 9.97 Å². The van der Waals surface area contributed by atoms with Crippen LogP contribution in [0.5, 0.6) is 11.5 Å². The summed E-state index contributed by atoms with van der Waals surface area (Å²) in [4.78, 5) is 24.6. The number of aromatic amines is 1. The third-order valence-corrected chi connectivity index (χ3v) is 5.07. The Morgan fingerprint density at radius 1 is 1.31 bits per heavy atom. The van der Waals surface area contributed by atoms with Crippen molar-refractivity contribution in [1.82, 2.24) is 15.0 Å². The number of nitrogens with zero attached hydrogens (tertiary/aromatic N) is 2. The lowest BCUT2D eigenvalue weighted by Crippen LogP contribution is -2.25. The van der Waals surface area contributed by atoms with Crippen molar-refractivity contribution < 1.29 is 14.3 Å². The Bertz CT molecular complexity index is 879. The molecule has 3 rings (SSSR count). The molecule has 0 aliphatic rings. The number of rotatable bonds is 7. The standard InChI is InChI=1S/C18H20N4O3S/c1-4-15(26-18-21-12-6-5-9-19-16(12)22-18)17(23)20-13-10-11(24-2)7-8-14(13)25-3/h5-10,15H,4H2,1-3H3,(H,20,23)(H,19,21,22)/t15-/m1/s1. The Morgan fingerprint density at radius 2 is 2.15 bits per heavy atom. The van der Waals surface area contributed by atoms with Crippen molar-refractivity contribution in [1.29, 1.82) is 0 Å². The van der Waals surface area contributed by atoms with Crippen LogP contribution in [-0.2, 0) is 4.79 Å². The maximum Gasteiger partial charge on any atom is 0.238 e. The summed E-state index contributed by atoms with van der Waals surface area (Å²) in [7, 11) is 3.14. The molecule has 0 aliphatic heterocycles. The van der Waals surface area contributed by atoms with Gasteiger partial charge >= 0.3 is 0 Å². The van der Waals surface area contributed by atoms with Crippen LogP contribution in [0.3, 0.4) is 0 Å². The lowest BCUT2D eigenvalue weighted by molar-refractivity contribution is -0.115.